The van der Waals surface area contributed by atoms with E-state index in [9.17, 15) is 20.0 Å². The molecule has 0 aliphatic carbocycles. The van der Waals surface area contributed by atoms with Crippen LogP contribution in [0.5, 0.6) is 11.5 Å². The van der Waals surface area contributed by atoms with Crippen molar-refractivity contribution in [2.75, 3.05) is 6.61 Å². The number of nitro benzene ring substituents is 1. The van der Waals surface area contributed by atoms with Crippen molar-refractivity contribution in [2.24, 2.45) is 0 Å². The number of aromatic nitrogens is 1. The molecule has 7 nitrogen and oxygen atoms in total. The van der Waals surface area contributed by atoms with E-state index in [1.165, 1.54) is 42.0 Å². The molecule has 2 rings (SSSR count). The number of nitro groups is 1. The third-order valence-electron chi connectivity index (χ3n) is 5.37. The maximum absolute atomic E-state index is 13.1. The minimum atomic E-state index is -0.492. The molecule has 166 valence electrons. The number of benzene rings is 1. The summed E-state index contributed by atoms with van der Waals surface area (Å²) < 4.78 is 7.20. The third kappa shape index (κ3) is 6.21. The van der Waals surface area contributed by atoms with Gasteiger partial charge < -0.3 is 14.4 Å². The molecular weight excluding hydrogens is 384 g/mol. The second-order valence-corrected chi connectivity index (χ2v) is 7.77. The first-order valence-corrected chi connectivity index (χ1v) is 11.2. The van der Waals surface area contributed by atoms with Gasteiger partial charge in [0.05, 0.1) is 17.0 Å². The van der Waals surface area contributed by atoms with Crippen molar-refractivity contribution in [3.05, 3.63) is 38.7 Å². The Balaban J connectivity index is 2.31. The van der Waals surface area contributed by atoms with Crippen molar-refractivity contribution >= 4 is 16.6 Å². The second-order valence-electron chi connectivity index (χ2n) is 7.77. The van der Waals surface area contributed by atoms with Crippen LogP contribution in [0.3, 0.4) is 0 Å². The molecule has 0 aliphatic rings. The van der Waals surface area contributed by atoms with Gasteiger partial charge in [-0.15, -0.1) is 0 Å². The molecule has 0 saturated heterocycles. The van der Waals surface area contributed by atoms with Gasteiger partial charge in [0, 0.05) is 24.1 Å². The standard InChI is InChI=1S/C23H34N2O5/c1-3-5-7-9-10-11-15-24-20-17-18(25(28)29)13-14-19(20)21(26)22(23(24)27)30-16-12-8-6-4-2/h13-14,17,26H,3-12,15-16H2,1-2H3. The maximum atomic E-state index is 13.1. The first-order chi connectivity index (χ1) is 14.5. The lowest BCUT2D eigenvalue weighted by molar-refractivity contribution is -0.384. The summed E-state index contributed by atoms with van der Waals surface area (Å²) in [6.45, 7) is 5.09. The molecular formula is C23H34N2O5. The second kappa shape index (κ2) is 12.2. The van der Waals surface area contributed by atoms with Crippen LogP contribution in [0.4, 0.5) is 5.69 Å². The molecule has 0 fully saturated rings. The highest BCUT2D eigenvalue weighted by Crippen LogP contribution is 2.33. The van der Waals surface area contributed by atoms with E-state index in [1.54, 1.807) is 0 Å². The predicted octanol–water partition coefficient (Wildman–Crippen LogP) is 5.93. The molecule has 1 aromatic carbocycles. The lowest BCUT2D eigenvalue weighted by Gasteiger charge is -2.15. The monoisotopic (exact) mass is 418 g/mol. The van der Waals surface area contributed by atoms with Crippen molar-refractivity contribution in [2.45, 2.75) is 84.6 Å². The Hall–Kier alpha value is -2.57. The minimum Gasteiger partial charge on any atom is -0.504 e. The van der Waals surface area contributed by atoms with Gasteiger partial charge in [-0.05, 0) is 18.9 Å². The van der Waals surface area contributed by atoms with Gasteiger partial charge in [0.1, 0.15) is 0 Å². The van der Waals surface area contributed by atoms with Gasteiger partial charge in [0.2, 0.25) is 5.75 Å². The summed E-state index contributed by atoms with van der Waals surface area (Å²) in [5.74, 6) is -0.293. The van der Waals surface area contributed by atoms with Gasteiger partial charge in [-0.2, -0.15) is 0 Å². The van der Waals surface area contributed by atoms with Crippen LogP contribution in [0, 0.1) is 10.1 Å². The number of fused-ring (bicyclic) bond motifs is 1. The van der Waals surface area contributed by atoms with Crippen molar-refractivity contribution < 1.29 is 14.8 Å². The van der Waals surface area contributed by atoms with Crippen LogP contribution in [0.1, 0.15) is 78.1 Å². The van der Waals surface area contributed by atoms with E-state index >= 15 is 0 Å². The first kappa shape index (κ1) is 23.7. The Labute approximate surface area is 177 Å². The summed E-state index contributed by atoms with van der Waals surface area (Å²) in [5.41, 5.74) is -0.158. The molecule has 1 aromatic heterocycles. The average Bonchev–Trinajstić information content (AvgIpc) is 2.74. The number of aryl methyl sites for hydroxylation is 1. The minimum absolute atomic E-state index is 0.0566. The highest BCUT2D eigenvalue weighted by atomic mass is 16.6. The van der Waals surface area contributed by atoms with Gasteiger partial charge in [0.25, 0.3) is 11.2 Å². The fourth-order valence-corrected chi connectivity index (χ4v) is 3.62. The number of unbranched alkanes of at least 4 members (excludes halogenated alkanes) is 8. The van der Waals surface area contributed by atoms with Crippen molar-refractivity contribution in [3.63, 3.8) is 0 Å². The topological polar surface area (TPSA) is 94.6 Å². The lowest BCUT2D eigenvalue weighted by Crippen LogP contribution is -2.23. The summed E-state index contributed by atoms with van der Waals surface area (Å²) in [6, 6.07) is 4.19. The highest BCUT2D eigenvalue weighted by molar-refractivity contribution is 5.89. The molecule has 1 N–H and O–H groups in total. The fourth-order valence-electron chi connectivity index (χ4n) is 3.62. The Morgan fingerprint density at radius 2 is 1.63 bits per heavy atom. The summed E-state index contributed by atoms with van der Waals surface area (Å²) >= 11 is 0. The summed E-state index contributed by atoms with van der Waals surface area (Å²) in [6.07, 6.45) is 10.4. The molecule has 0 spiro atoms. The van der Waals surface area contributed by atoms with E-state index in [4.69, 9.17) is 4.74 Å². The Morgan fingerprint density at radius 1 is 1.00 bits per heavy atom. The van der Waals surface area contributed by atoms with Crippen LogP contribution >= 0.6 is 0 Å². The third-order valence-corrected chi connectivity index (χ3v) is 5.37. The van der Waals surface area contributed by atoms with E-state index in [0.717, 1.165) is 44.9 Å². The number of hydrogen-bond acceptors (Lipinski definition) is 5. The van der Waals surface area contributed by atoms with Gasteiger partial charge in [-0.25, -0.2) is 0 Å². The SMILES string of the molecule is CCCCCCCCn1c(=O)c(OCCCCCC)c(O)c2ccc([N+](=O)[O-])cc21. The molecule has 2 aromatic rings. The summed E-state index contributed by atoms with van der Waals surface area (Å²) in [4.78, 5) is 23.8. The maximum Gasteiger partial charge on any atom is 0.297 e. The van der Waals surface area contributed by atoms with Crippen LogP contribution in [-0.4, -0.2) is 21.2 Å². The zero-order chi connectivity index (χ0) is 21.9. The Bertz CT molecular complexity index is 891. The van der Waals surface area contributed by atoms with E-state index in [2.05, 4.69) is 13.8 Å². The average molecular weight is 419 g/mol. The zero-order valence-electron chi connectivity index (χ0n) is 18.2. The first-order valence-electron chi connectivity index (χ1n) is 11.2. The highest BCUT2D eigenvalue weighted by Gasteiger charge is 2.20. The lowest BCUT2D eigenvalue weighted by atomic mass is 10.1. The number of rotatable bonds is 14. The Kier molecular flexibility index (Phi) is 9.64. The number of ether oxygens (including phenoxy) is 1. The van der Waals surface area contributed by atoms with Crippen LogP contribution in [-0.2, 0) is 6.54 Å². The molecule has 0 radical (unpaired) electrons. The molecule has 0 atom stereocenters. The quantitative estimate of drug-likeness (QED) is 0.233. The van der Waals surface area contributed by atoms with Crippen LogP contribution in [0.15, 0.2) is 23.0 Å². The molecule has 7 heteroatoms. The number of nitrogens with zero attached hydrogens (tertiary/aromatic N) is 2. The fraction of sp³-hybridized carbons (Fsp3) is 0.609. The van der Waals surface area contributed by atoms with Gasteiger partial charge in [-0.1, -0.05) is 65.2 Å². The summed E-state index contributed by atoms with van der Waals surface area (Å²) in [5, 5.41) is 22.3. The van der Waals surface area contributed by atoms with Crippen molar-refractivity contribution in [3.8, 4) is 11.5 Å². The molecule has 0 unspecified atom stereocenters. The van der Waals surface area contributed by atoms with Crippen molar-refractivity contribution in [1.82, 2.24) is 4.57 Å². The predicted molar refractivity (Wildman–Crippen MR) is 120 cm³/mol. The van der Waals surface area contributed by atoms with Gasteiger partial charge >= 0.3 is 0 Å². The van der Waals surface area contributed by atoms with Gasteiger partial charge in [0.15, 0.2) is 5.75 Å². The van der Waals surface area contributed by atoms with Crippen molar-refractivity contribution in [1.29, 1.82) is 0 Å². The normalized spacial score (nSPS) is 11.1. The molecule has 0 saturated carbocycles. The number of pyridine rings is 1. The largest absolute Gasteiger partial charge is 0.504 e. The number of non-ortho nitro benzene ring substituents is 1. The zero-order valence-corrected chi connectivity index (χ0v) is 18.2. The van der Waals surface area contributed by atoms with Gasteiger partial charge in [-0.3, -0.25) is 14.9 Å². The Morgan fingerprint density at radius 3 is 2.30 bits per heavy atom. The van der Waals surface area contributed by atoms with Crippen LogP contribution in [0.25, 0.3) is 10.9 Å². The molecule has 30 heavy (non-hydrogen) atoms. The smallest absolute Gasteiger partial charge is 0.297 e. The number of aromatic hydroxyl groups is 1. The molecule has 0 aliphatic heterocycles. The number of hydrogen-bond donors (Lipinski definition) is 1. The summed E-state index contributed by atoms with van der Waals surface area (Å²) in [7, 11) is 0. The van der Waals surface area contributed by atoms with E-state index in [-0.39, 0.29) is 17.2 Å². The van der Waals surface area contributed by atoms with Crippen LogP contribution < -0.4 is 10.3 Å². The van der Waals surface area contributed by atoms with E-state index in [1.807, 2.05) is 0 Å². The van der Waals surface area contributed by atoms with E-state index in [0.29, 0.717) is 24.1 Å². The van der Waals surface area contributed by atoms with Crippen LogP contribution in [0.2, 0.25) is 0 Å². The molecule has 0 amide bonds. The van der Waals surface area contributed by atoms with E-state index < -0.39 is 10.5 Å². The molecule has 0 bridgehead atoms. The molecule has 1 heterocycles.